The molecule has 0 spiro atoms. The van der Waals surface area contributed by atoms with Crippen molar-refractivity contribution in [2.75, 3.05) is 5.32 Å². The maximum absolute atomic E-state index is 13.3. The van der Waals surface area contributed by atoms with Gasteiger partial charge in [0.05, 0.1) is 11.2 Å². The lowest BCUT2D eigenvalue weighted by Crippen LogP contribution is -2.47. The third-order valence-electron chi connectivity index (χ3n) is 8.46. The molecule has 33 heavy (non-hydrogen) atoms. The Kier molecular flexibility index (Phi) is 4.69. The van der Waals surface area contributed by atoms with Gasteiger partial charge in [0.15, 0.2) is 5.82 Å². The second-order valence-corrected chi connectivity index (χ2v) is 11.5. The molecule has 0 atom stereocenters. The fraction of sp³-hybridized carbons (Fsp3) is 0.536. The van der Waals surface area contributed by atoms with Crippen LogP contribution in [-0.2, 0) is 4.79 Å². The van der Waals surface area contributed by atoms with E-state index in [1.807, 2.05) is 13.0 Å². The third kappa shape index (κ3) is 3.66. The summed E-state index contributed by atoms with van der Waals surface area (Å²) in [6.07, 6.45) is 8.58. The molecule has 5 heteroatoms. The molecule has 0 aliphatic heterocycles. The minimum absolute atomic E-state index is 0.127. The lowest BCUT2D eigenvalue weighted by Gasteiger charge is -2.56. The maximum Gasteiger partial charge on any atom is 0.226 e. The second-order valence-electron chi connectivity index (χ2n) is 11.5. The van der Waals surface area contributed by atoms with E-state index in [1.54, 1.807) is 4.68 Å². The molecule has 7 rings (SSSR count). The first-order valence-corrected chi connectivity index (χ1v) is 12.5. The van der Waals surface area contributed by atoms with Crippen LogP contribution in [-0.4, -0.2) is 20.7 Å². The van der Waals surface area contributed by atoms with E-state index >= 15 is 0 Å². The smallest absolute Gasteiger partial charge is 0.226 e. The number of hydrogen-bond donors (Lipinski definition) is 1. The SMILES string of the molecule is Cc1cc(C)c2nc(-n3nc(C)cc3NC(=O)CC34CC5CC(CC(C5)C3)C4)cc(C)c2c1. The van der Waals surface area contributed by atoms with Crippen LogP contribution in [0.1, 0.15) is 67.3 Å². The number of aromatic nitrogens is 3. The second kappa shape index (κ2) is 7.41. The Hall–Kier alpha value is -2.69. The van der Waals surface area contributed by atoms with Crippen LogP contribution in [0.5, 0.6) is 0 Å². The van der Waals surface area contributed by atoms with E-state index in [1.165, 1.54) is 55.0 Å². The summed E-state index contributed by atoms with van der Waals surface area (Å²) in [5.41, 5.74) is 5.66. The number of carbonyl (C=O) groups excluding carboxylic acids is 1. The van der Waals surface area contributed by atoms with Crippen LogP contribution < -0.4 is 5.32 Å². The van der Waals surface area contributed by atoms with Gasteiger partial charge in [-0.2, -0.15) is 9.78 Å². The zero-order valence-electron chi connectivity index (χ0n) is 20.2. The summed E-state index contributed by atoms with van der Waals surface area (Å²) in [5, 5.41) is 9.09. The van der Waals surface area contributed by atoms with Crippen LogP contribution in [0.15, 0.2) is 24.3 Å². The molecule has 4 aliphatic carbocycles. The van der Waals surface area contributed by atoms with E-state index in [4.69, 9.17) is 10.1 Å². The van der Waals surface area contributed by atoms with Crippen LogP contribution in [0.25, 0.3) is 16.7 Å². The largest absolute Gasteiger partial charge is 0.311 e. The third-order valence-corrected chi connectivity index (χ3v) is 8.46. The lowest BCUT2D eigenvalue weighted by molar-refractivity contribution is -0.124. The average Bonchev–Trinajstić information content (AvgIpc) is 3.07. The van der Waals surface area contributed by atoms with Crippen LogP contribution in [0, 0.1) is 50.9 Å². The fourth-order valence-electron chi connectivity index (χ4n) is 7.73. The number of hydrogen-bond acceptors (Lipinski definition) is 3. The first kappa shape index (κ1) is 20.9. The number of rotatable bonds is 4. The molecule has 1 N–H and O–H groups in total. The molecule has 0 unspecified atom stereocenters. The van der Waals surface area contributed by atoms with Gasteiger partial charge in [-0.1, -0.05) is 11.6 Å². The van der Waals surface area contributed by atoms with Crippen molar-refractivity contribution < 1.29 is 4.79 Å². The normalized spacial score (nSPS) is 27.9. The molecule has 4 saturated carbocycles. The highest BCUT2D eigenvalue weighted by Crippen LogP contribution is 2.61. The standard InChI is InChI=1S/C28H34N4O/c1-16-5-18(3)27-23(6-16)17(2)7-24(30-27)32-25(8-19(4)31-32)29-26(33)15-28-12-20-9-21(13-28)11-22(10-20)14-28/h5-8,20-22H,9-15H2,1-4H3,(H,29,33). The number of amides is 1. The molecule has 4 fully saturated rings. The van der Waals surface area contributed by atoms with Crippen molar-refractivity contribution in [3.05, 3.63) is 46.6 Å². The van der Waals surface area contributed by atoms with Crippen LogP contribution in [0.3, 0.4) is 0 Å². The molecule has 4 bridgehead atoms. The summed E-state index contributed by atoms with van der Waals surface area (Å²) >= 11 is 0. The van der Waals surface area contributed by atoms with Gasteiger partial charge in [-0.3, -0.25) is 4.79 Å². The summed E-state index contributed by atoms with van der Waals surface area (Å²) in [5.74, 6) is 4.17. The first-order valence-electron chi connectivity index (χ1n) is 12.5. The Balaban J connectivity index is 1.29. The van der Waals surface area contributed by atoms with E-state index in [0.717, 1.165) is 46.2 Å². The van der Waals surface area contributed by atoms with Gasteiger partial charge < -0.3 is 5.32 Å². The minimum Gasteiger partial charge on any atom is -0.311 e. The van der Waals surface area contributed by atoms with Crippen molar-refractivity contribution in [1.29, 1.82) is 0 Å². The molecule has 2 aromatic heterocycles. The first-order chi connectivity index (χ1) is 15.8. The number of aryl methyl sites for hydroxylation is 4. The van der Waals surface area contributed by atoms with Gasteiger partial charge in [0.1, 0.15) is 5.82 Å². The average molecular weight is 443 g/mol. The minimum atomic E-state index is 0.127. The predicted molar refractivity (Wildman–Crippen MR) is 132 cm³/mol. The molecule has 2 heterocycles. The van der Waals surface area contributed by atoms with Crippen molar-refractivity contribution >= 4 is 22.6 Å². The molecule has 1 amide bonds. The summed E-state index contributed by atoms with van der Waals surface area (Å²) in [4.78, 5) is 18.2. The Labute approximate surface area is 196 Å². The van der Waals surface area contributed by atoms with Crippen molar-refractivity contribution in [3.63, 3.8) is 0 Å². The zero-order chi connectivity index (χ0) is 22.9. The Morgan fingerprint density at radius 3 is 2.30 bits per heavy atom. The Morgan fingerprint density at radius 1 is 0.970 bits per heavy atom. The summed E-state index contributed by atoms with van der Waals surface area (Å²) in [6.45, 7) is 8.31. The van der Waals surface area contributed by atoms with E-state index in [2.05, 4.69) is 44.3 Å². The van der Waals surface area contributed by atoms with E-state index in [9.17, 15) is 4.79 Å². The topological polar surface area (TPSA) is 59.8 Å². The van der Waals surface area contributed by atoms with Gasteiger partial charge in [-0.05, 0) is 113 Å². The number of nitrogens with one attached hydrogen (secondary N) is 1. The molecule has 3 aromatic rings. The lowest BCUT2D eigenvalue weighted by atomic mass is 9.49. The number of benzene rings is 1. The van der Waals surface area contributed by atoms with Gasteiger partial charge in [-0.15, -0.1) is 0 Å². The van der Waals surface area contributed by atoms with Crippen molar-refractivity contribution in [3.8, 4) is 5.82 Å². The molecule has 0 saturated heterocycles. The van der Waals surface area contributed by atoms with Crippen molar-refractivity contribution in [2.24, 2.45) is 23.2 Å². The summed E-state index contributed by atoms with van der Waals surface area (Å²) in [6, 6.07) is 8.39. The van der Waals surface area contributed by atoms with Crippen molar-refractivity contribution in [2.45, 2.75) is 72.6 Å². The molecular formula is C28H34N4O. The van der Waals surface area contributed by atoms with Crippen molar-refractivity contribution in [1.82, 2.24) is 14.8 Å². The quantitative estimate of drug-likeness (QED) is 0.523. The molecule has 172 valence electrons. The molecule has 5 nitrogen and oxygen atoms in total. The van der Waals surface area contributed by atoms with Gasteiger partial charge in [0, 0.05) is 17.9 Å². The molecule has 0 radical (unpaired) electrons. The Morgan fingerprint density at radius 2 is 1.64 bits per heavy atom. The van der Waals surface area contributed by atoms with Gasteiger partial charge in [0.2, 0.25) is 5.91 Å². The highest BCUT2D eigenvalue weighted by Gasteiger charge is 2.51. The van der Waals surface area contributed by atoms with E-state index in [0.29, 0.717) is 6.42 Å². The van der Waals surface area contributed by atoms with Crippen LogP contribution >= 0.6 is 0 Å². The summed E-state index contributed by atoms with van der Waals surface area (Å²) in [7, 11) is 0. The van der Waals surface area contributed by atoms with E-state index in [-0.39, 0.29) is 11.3 Å². The van der Waals surface area contributed by atoms with Gasteiger partial charge >= 0.3 is 0 Å². The van der Waals surface area contributed by atoms with Crippen LogP contribution in [0.4, 0.5) is 5.82 Å². The number of anilines is 1. The van der Waals surface area contributed by atoms with Crippen LogP contribution in [0.2, 0.25) is 0 Å². The number of carbonyl (C=O) groups is 1. The molecule has 4 aliphatic rings. The highest BCUT2D eigenvalue weighted by molar-refractivity contribution is 5.91. The highest BCUT2D eigenvalue weighted by atomic mass is 16.1. The fourth-order valence-corrected chi connectivity index (χ4v) is 7.73. The summed E-state index contributed by atoms with van der Waals surface area (Å²) < 4.78 is 1.80. The molecular weight excluding hydrogens is 408 g/mol. The Bertz CT molecular complexity index is 1240. The van der Waals surface area contributed by atoms with Gasteiger partial charge in [0.25, 0.3) is 0 Å². The van der Waals surface area contributed by atoms with E-state index < -0.39 is 0 Å². The number of fused-ring (bicyclic) bond motifs is 1. The number of pyridine rings is 1. The monoisotopic (exact) mass is 442 g/mol. The zero-order valence-corrected chi connectivity index (χ0v) is 20.2. The van der Waals surface area contributed by atoms with Gasteiger partial charge in [-0.25, -0.2) is 4.98 Å². The maximum atomic E-state index is 13.3. The number of nitrogens with zero attached hydrogens (tertiary/aromatic N) is 3. The molecule has 1 aromatic carbocycles. The predicted octanol–water partition coefficient (Wildman–Crippen LogP) is 6.20.